The Hall–Kier alpha value is -2.72. The first-order valence-corrected chi connectivity index (χ1v) is 12.7. The molecule has 5 heteroatoms. The van der Waals surface area contributed by atoms with Gasteiger partial charge in [-0.05, 0) is 62.1 Å². The van der Waals surface area contributed by atoms with E-state index in [1.165, 1.54) is 6.42 Å². The standard InChI is InChI=1S/C29H30ClNO3/c1-18-26(29(33)34-21-12-6-3-7-13-21)27(22-14-8-9-15-23(22)30)28-24(31-18)16-20(17-25(28)32)19-10-4-2-5-11-19/h2,4-5,8-11,14-15,20-21,26-27H,3,6-7,12-13,16-17H2,1H3/t20-,26?,27+/m1/s1. The summed E-state index contributed by atoms with van der Waals surface area (Å²) < 4.78 is 6.00. The van der Waals surface area contributed by atoms with Gasteiger partial charge in [0.1, 0.15) is 12.0 Å². The highest BCUT2D eigenvalue weighted by atomic mass is 35.5. The van der Waals surface area contributed by atoms with Crippen LogP contribution in [0, 0.1) is 5.92 Å². The molecule has 176 valence electrons. The maximum absolute atomic E-state index is 13.6. The number of carbonyl (C=O) groups is 2. The van der Waals surface area contributed by atoms with Crippen molar-refractivity contribution in [2.24, 2.45) is 10.9 Å². The Morgan fingerprint density at radius 1 is 0.971 bits per heavy atom. The smallest absolute Gasteiger partial charge is 0.315 e. The normalized spacial score (nSPS) is 25.5. The fraction of sp³-hybridized carbons (Fsp3) is 0.414. The summed E-state index contributed by atoms with van der Waals surface area (Å²) in [6.45, 7) is 1.89. The zero-order valence-electron chi connectivity index (χ0n) is 19.5. The van der Waals surface area contributed by atoms with E-state index in [0.717, 1.165) is 42.5 Å². The second kappa shape index (κ2) is 9.87. The van der Waals surface area contributed by atoms with E-state index in [1.807, 2.05) is 49.4 Å². The molecule has 0 aromatic heterocycles. The molecule has 3 atom stereocenters. The number of allylic oxidation sites excluding steroid dienone is 2. The van der Waals surface area contributed by atoms with E-state index in [0.29, 0.717) is 29.1 Å². The Kier molecular flexibility index (Phi) is 6.69. The Balaban J connectivity index is 1.54. The van der Waals surface area contributed by atoms with E-state index in [9.17, 15) is 9.59 Å². The molecule has 3 aliphatic rings. The van der Waals surface area contributed by atoms with Gasteiger partial charge in [0.05, 0.1) is 0 Å². The summed E-state index contributed by atoms with van der Waals surface area (Å²) in [5.41, 5.74) is 4.06. The average molecular weight is 476 g/mol. The van der Waals surface area contributed by atoms with Crippen LogP contribution < -0.4 is 0 Å². The molecule has 0 N–H and O–H groups in total. The monoisotopic (exact) mass is 475 g/mol. The lowest BCUT2D eigenvalue weighted by Gasteiger charge is -2.37. The Morgan fingerprint density at radius 3 is 2.41 bits per heavy atom. The lowest BCUT2D eigenvalue weighted by atomic mass is 9.69. The van der Waals surface area contributed by atoms with Crippen LogP contribution in [0.2, 0.25) is 5.02 Å². The van der Waals surface area contributed by atoms with Crippen LogP contribution in [-0.2, 0) is 14.3 Å². The van der Waals surface area contributed by atoms with Crippen LogP contribution in [0.1, 0.15) is 74.8 Å². The fourth-order valence-electron chi connectivity index (χ4n) is 5.81. The molecule has 1 heterocycles. The topological polar surface area (TPSA) is 55.7 Å². The van der Waals surface area contributed by atoms with Crippen LogP contribution in [0.25, 0.3) is 0 Å². The van der Waals surface area contributed by atoms with Crippen molar-refractivity contribution in [3.63, 3.8) is 0 Å². The van der Waals surface area contributed by atoms with Crippen molar-refractivity contribution in [1.82, 2.24) is 0 Å². The molecule has 1 saturated carbocycles. The molecular weight excluding hydrogens is 446 g/mol. The predicted molar refractivity (Wildman–Crippen MR) is 134 cm³/mol. The van der Waals surface area contributed by atoms with Crippen molar-refractivity contribution in [2.45, 2.75) is 69.8 Å². The van der Waals surface area contributed by atoms with Crippen molar-refractivity contribution >= 4 is 29.1 Å². The number of Topliss-reactive ketones (excluding diaryl/α,β-unsaturated/α-hetero) is 1. The lowest BCUT2D eigenvalue weighted by molar-refractivity contribution is -0.153. The highest BCUT2D eigenvalue weighted by Gasteiger charge is 2.45. The quantitative estimate of drug-likeness (QED) is 0.457. The van der Waals surface area contributed by atoms with Crippen molar-refractivity contribution < 1.29 is 14.3 Å². The number of nitrogens with zero attached hydrogens (tertiary/aromatic N) is 1. The summed E-state index contributed by atoms with van der Waals surface area (Å²) in [4.78, 5) is 32.1. The fourth-order valence-corrected chi connectivity index (χ4v) is 6.06. The first kappa shape index (κ1) is 23.0. The Labute approximate surface area is 206 Å². The van der Waals surface area contributed by atoms with Gasteiger partial charge >= 0.3 is 5.97 Å². The van der Waals surface area contributed by atoms with Crippen molar-refractivity contribution in [3.8, 4) is 0 Å². The molecule has 1 unspecified atom stereocenters. The summed E-state index contributed by atoms with van der Waals surface area (Å²) in [5.74, 6) is -1.27. The molecule has 34 heavy (non-hydrogen) atoms. The van der Waals surface area contributed by atoms with Gasteiger partial charge in [-0.15, -0.1) is 0 Å². The molecule has 2 aromatic rings. The van der Waals surface area contributed by atoms with E-state index in [1.54, 1.807) is 0 Å². The number of aliphatic imine (C=N–C) groups is 1. The van der Waals surface area contributed by atoms with Gasteiger partial charge in [-0.1, -0.05) is 66.6 Å². The average Bonchev–Trinajstić information content (AvgIpc) is 2.84. The molecular formula is C29H30ClNO3. The first-order chi connectivity index (χ1) is 16.5. The van der Waals surface area contributed by atoms with Crippen molar-refractivity contribution in [2.75, 3.05) is 0 Å². The van der Waals surface area contributed by atoms with Crippen LogP contribution in [-0.4, -0.2) is 23.6 Å². The zero-order chi connectivity index (χ0) is 23.7. The van der Waals surface area contributed by atoms with Crippen molar-refractivity contribution in [3.05, 3.63) is 82.0 Å². The minimum atomic E-state index is -0.641. The first-order valence-electron chi connectivity index (χ1n) is 12.3. The lowest BCUT2D eigenvalue weighted by Crippen LogP contribution is -2.39. The van der Waals surface area contributed by atoms with Gasteiger partial charge in [-0.3, -0.25) is 14.6 Å². The zero-order valence-corrected chi connectivity index (χ0v) is 20.3. The van der Waals surface area contributed by atoms with Gasteiger partial charge < -0.3 is 4.74 Å². The Bertz CT molecular complexity index is 1150. The number of carbonyl (C=O) groups excluding carboxylic acids is 2. The summed E-state index contributed by atoms with van der Waals surface area (Å²) in [5, 5.41) is 0.558. The molecule has 4 nitrogen and oxygen atoms in total. The summed E-state index contributed by atoms with van der Waals surface area (Å²) in [6, 6.07) is 17.6. The molecule has 2 aliphatic carbocycles. The van der Waals surface area contributed by atoms with Gasteiger partial charge in [-0.25, -0.2) is 0 Å². The van der Waals surface area contributed by atoms with E-state index in [2.05, 4.69) is 12.1 Å². The number of rotatable bonds is 4. The van der Waals surface area contributed by atoms with Crippen LogP contribution in [0.4, 0.5) is 0 Å². The molecule has 1 aliphatic heterocycles. The largest absolute Gasteiger partial charge is 0.462 e. The van der Waals surface area contributed by atoms with Gasteiger partial charge in [0.25, 0.3) is 0 Å². The van der Waals surface area contributed by atoms with E-state index in [4.69, 9.17) is 21.3 Å². The van der Waals surface area contributed by atoms with Gasteiger partial charge in [-0.2, -0.15) is 0 Å². The van der Waals surface area contributed by atoms with Gasteiger partial charge in [0.2, 0.25) is 0 Å². The van der Waals surface area contributed by atoms with Gasteiger partial charge in [0.15, 0.2) is 5.78 Å². The predicted octanol–water partition coefficient (Wildman–Crippen LogP) is 6.79. The van der Waals surface area contributed by atoms with E-state index >= 15 is 0 Å². The Morgan fingerprint density at radius 2 is 1.68 bits per heavy atom. The molecule has 0 amide bonds. The molecule has 5 rings (SSSR count). The van der Waals surface area contributed by atoms with Crippen LogP contribution in [0.3, 0.4) is 0 Å². The number of hydrogen-bond donors (Lipinski definition) is 0. The van der Waals surface area contributed by atoms with E-state index < -0.39 is 11.8 Å². The van der Waals surface area contributed by atoms with Crippen molar-refractivity contribution in [1.29, 1.82) is 0 Å². The summed E-state index contributed by atoms with van der Waals surface area (Å²) >= 11 is 6.64. The number of hydrogen-bond acceptors (Lipinski definition) is 4. The number of ether oxygens (including phenoxy) is 1. The molecule has 1 fully saturated rings. The maximum Gasteiger partial charge on any atom is 0.315 e. The second-order valence-corrected chi connectivity index (χ2v) is 10.1. The SMILES string of the molecule is CC1=NC2=C(C(=O)C[C@H](c3ccccc3)C2)[C@@H](c2ccccc2Cl)C1C(=O)OC1CCCCC1. The highest BCUT2D eigenvalue weighted by Crippen LogP contribution is 2.48. The maximum atomic E-state index is 13.6. The number of halogens is 1. The number of ketones is 1. The molecule has 0 radical (unpaired) electrons. The van der Waals surface area contributed by atoms with Gasteiger partial charge in [0, 0.05) is 34.3 Å². The third kappa shape index (κ3) is 4.48. The molecule has 0 spiro atoms. The van der Waals surface area contributed by atoms with Crippen LogP contribution in [0.5, 0.6) is 0 Å². The van der Waals surface area contributed by atoms with E-state index in [-0.39, 0.29) is 23.8 Å². The third-order valence-electron chi connectivity index (χ3n) is 7.49. The molecule has 2 aromatic carbocycles. The summed E-state index contributed by atoms with van der Waals surface area (Å²) in [6.07, 6.45) is 6.18. The summed E-state index contributed by atoms with van der Waals surface area (Å²) in [7, 11) is 0. The minimum Gasteiger partial charge on any atom is -0.462 e. The van der Waals surface area contributed by atoms with Crippen LogP contribution >= 0.6 is 11.6 Å². The minimum absolute atomic E-state index is 0.0479. The molecule has 0 bridgehead atoms. The second-order valence-electron chi connectivity index (χ2n) is 9.73. The number of esters is 1. The highest BCUT2D eigenvalue weighted by molar-refractivity contribution is 6.31. The number of benzene rings is 2. The molecule has 0 saturated heterocycles. The van der Waals surface area contributed by atoms with Crippen LogP contribution in [0.15, 0.2) is 70.9 Å². The third-order valence-corrected chi connectivity index (χ3v) is 7.83.